The van der Waals surface area contributed by atoms with Crippen molar-refractivity contribution in [3.8, 4) is 11.5 Å². The summed E-state index contributed by atoms with van der Waals surface area (Å²) in [6, 6.07) is 14.8. The van der Waals surface area contributed by atoms with Crippen molar-refractivity contribution in [2.24, 2.45) is 0 Å². The van der Waals surface area contributed by atoms with Crippen LogP contribution in [0.2, 0.25) is 0 Å². The van der Waals surface area contributed by atoms with E-state index in [1.165, 1.54) is 0 Å². The number of carbonyl (C=O) groups excluding carboxylic acids is 1. The lowest BCUT2D eigenvalue weighted by molar-refractivity contribution is 0.102. The lowest BCUT2D eigenvalue weighted by Crippen LogP contribution is -2.11. The molecule has 0 radical (unpaired) electrons. The number of hydrogen-bond acceptors (Lipinski definition) is 3. The van der Waals surface area contributed by atoms with E-state index in [0.29, 0.717) is 11.4 Å². The van der Waals surface area contributed by atoms with E-state index in [2.05, 4.69) is 25.5 Å². The van der Waals surface area contributed by atoms with Gasteiger partial charge in [0.2, 0.25) is 0 Å². The fourth-order valence-corrected chi connectivity index (χ4v) is 2.70. The molecular formula is C19H17N5O. The SMILES string of the molecule is Cc1[nH]nc(-c2nc3ccc(C(=O)Nc4ccccc4)cc3[nH]2)c1C. The molecule has 0 spiro atoms. The third-order valence-corrected chi connectivity index (χ3v) is 4.25. The predicted molar refractivity (Wildman–Crippen MR) is 97.5 cm³/mol. The van der Waals surface area contributed by atoms with Crippen LogP contribution in [0.3, 0.4) is 0 Å². The molecule has 0 saturated carbocycles. The molecule has 0 aliphatic carbocycles. The normalized spacial score (nSPS) is 11.0. The van der Waals surface area contributed by atoms with Gasteiger partial charge in [-0.3, -0.25) is 9.89 Å². The number of fused-ring (bicyclic) bond motifs is 1. The third kappa shape index (κ3) is 2.78. The summed E-state index contributed by atoms with van der Waals surface area (Å²) in [5, 5.41) is 10.1. The van der Waals surface area contributed by atoms with Crippen molar-refractivity contribution in [3.63, 3.8) is 0 Å². The highest BCUT2D eigenvalue weighted by atomic mass is 16.1. The average molecular weight is 331 g/mol. The summed E-state index contributed by atoms with van der Waals surface area (Å²) in [6.45, 7) is 3.97. The molecule has 0 fully saturated rings. The molecule has 124 valence electrons. The van der Waals surface area contributed by atoms with E-state index in [1.807, 2.05) is 50.2 Å². The quantitative estimate of drug-likeness (QED) is 0.533. The molecular weight excluding hydrogens is 314 g/mol. The fraction of sp³-hybridized carbons (Fsp3) is 0.105. The summed E-state index contributed by atoms with van der Waals surface area (Å²) in [5.41, 5.74) is 5.80. The molecule has 6 heteroatoms. The monoisotopic (exact) mass is 331 g/mol. The zero-order valence-corrected chi connectivity index (χ0v) is 13.9. The lowest BCUT2D eigenvalue weighted by Gasteiger charge is -2.04. The maximum atomic E-state index is 12.4. The van der Waals surface area contributed by atoms with Crippen LogP contribution in [0.25, 0.3) is 22.6 Å². The first kappa shape index (κ1) is 15.1. The van der Waals surface area contributed by atoms with Gasteiger partial charge in [0, 0.05) is 22.5 Å². The van der Waals surface area contributed by atoms with Crippen LogP contribution in [0.1, 0.15) is 21.6 Å². The van der Waals surface area contributed by atoms with Gasteiger partial charge in [-0.15, -0.1) is 0 Å². The largest absolute Gasteiger partial charge is 0.337 e. The van der Waals surface area contributed by atoms with E-state index in [1.54, 1.807) is 12.1 Å². The summed E-state index contributed by atoms with van der Waals surface area (Å²) in [7, 11) is 0. The van der Waals surface area contributed by atoms with Gasteiger partial charge in [-0.1, -0.05) is 18.2 Å². The van der Waals surface area contributed by atoms with Crippen molar-refractivity contribution in [1.29, 1.82) is 0 Å². The van der Waals surface area contributed by atoms with Crippen LogP contribution in [0.5, 0.6) is 0 Å². The number of nitrogens with one attached hydrogen (secondary N) is 3. The van der Waals surface area contributed by atoms with Gasteiger partial charge in [0.1, 0.15) is 5.69 Å². The number of nitrogens with zero attached hydrogens (tertiary/aromatic N) is 2. The molecule has 0 bridgehead atoms. The van der Waals surface area contributed by atoms with Gasteiger partial charge in [0.05, 0.1) is 11.0 Å². The van der Waals surface area contributed by atoms with Crippen LogP contribution >= 0.6 is 0 Å². The first-order chi connectivity index (χ1) is 12.1. The molecule has 4 aromatic rings. The summed E-state index contributed by atoms with van der Waals surface area (Å²) < 4.78 is 0. The molecule has 0 saturated heterocycles. The molecule has 2 heterocycles. The Balaban J connectivity index is 1.66. The van der Waals surface area contributed by atoms with E-state index >= 15 is 0 Å². The zero-order chi connectivity index (χ0) is 17.4. The number of carbonyl (C=O) groups is 1. The number of rotatable bonds is 3. The lowest BCUT2D eigenvalue weighted by atomic mass is 10.2. The van der Waals surface area contributed by atoms with Crippen molar-refractivity contribution >= 4 is 22.6 Å². The van der Waals surface area contributed by atoms with Crippen molar-refractivity contribution in [2.75, 3.05) is 5.32 Å². The van der Waals surface area contributed by atoms with Crippen LogP contribution in [-0.2, 0) is 0 Å². The molecule has 25 heavy (non-hydrogen) atoms. The highest BCUT2D eigenvalue weighted by Gasteiger charge is 2.14. The third-order valence-electron chi connectivity index (χ3n) is 4.25. The van der Waals surface area contributed by atoms with Crippen LogP contribution in [-0.4, -0.2) is 26.1 Å². The molecule has 2 aromatic carbocycles. The highest BCUT2D eigenvalue weighted by molar-refractivity contribution is 6.06. The fourth-order valence-electron chi connectivity index (χ4n) is 2.70. The number of para-hydroxylation sites is 1. The van der Waals surface area contributed by atoms with Crippen molar-refractivity contribution in [3.05, 3.63) is 65.4 Å². The van der Waals surface area contributed by atoms with Crippen molar-refractivity contribution < 1.29 is 4.79 Å². The van der Waals surface area contributed by atoms with Crippen LogP contribution in [0.4, 0.5) is 5.69 Å². The first-order valence-electron chi connectivity index (χ1n) is 8.00. The van der Waals surface area contributed by atoms with Gasteiger partial charge in [0.25, 0.3) is 5.91 Å². The molecule has 1 amide bonds. The van der Waals surface area contributed by atoms with Gasteiger partial charge in [-0.25, -0.2) is 4.98 Å². The number of amides is 1. The second-order valence-electron chi connectivity index (χ2n) is 5.96. The Kier molecular flexibility index (Phi) is 3.57. The molecule has 6 nitrogen and oxygen atoms in total. The first-order valence-corrected chi connectivity index (χ1v) is 8.00. The van der Waals surface area contributed by atoms with E-state index in [9.17, 15) is 4.79 Å². The van der Waals surface area contributed by atoms with E-state index in [4.69, 9.17) is 0 Å². The number of benzene rings is 2. The Hall–Kier alpha value is -3.41. The summed E-state index contributed by atoms with van der Waals surface area (Å²) in [5.74, 6) is 0.536. The number of aryl methyl sites for hydroxylation is 1. The Morgan fingerprint density at radius 1 is 1.08 bits per heavy atom. The van der Waals surface area contributed by atoms with Gasteiger partial charge in [0.15, 0.2) is 5.82 Å². The number of H-pyrrole nitrogens is 2. The molecule has 0 atom stereocenters. The zero-order valence-electron chi connectivity index (χ0n) is 13.9. The van der Waals surface area contributed by atoms with Crippen LogP contribution < -0.4 is 5.32 Å². The van der Waals surface area contributed by atoms with Crippen LogP contribution in [0, 0.1) is 13.8 Å². The molecule has 4 rings (SSSR count). The topological polar surface area (TPSA) is 86.5 Å². The number of aromatic nitrogens is 4. The molecule has 3 N–H and O–H groups in total. The van der Waals surface area contributed by atoms with Crippen molar-refractivity contribution in [2.45, 2.75) is 13.8 Å². The number of imidazole rings is 1. The maximum Gasteiger partial charge on any atom is 0.255 e. The average Bonchev–Trinajstić information content (AvgIpc) is 3.18. The predicted octanol–water partition coefficient (Wildman–Crippen LogP) is 3.82. The van der Waals surface area contributed by atoms with Gasteiger partial charge < -0.3 is 10.3 Å². The smallest absolute Gasteiger partial charge is 0.255 e. The minimum Gasteiger partial charge on any atom is -0.337 e. The minimum atomic E-state index is -0.156. The second kappa shape index (κ2) is 5.90. The van der Waals surface area contributed by atoms with E-state index < -0.39 is 0 Å². The number of hydrogen-bond donors (Lipinski definition) is 3. The van der Waals surface area contributed by atoms with Gasteiger partial charge in [-0.05, 0) is 44.2 Å². The highest BCUT2D eigenvalue weighted by Crippen LogP contribution is 2.24. The molecule has 0 aliphatic rings. The number of aromatic amines is 2. The number of anilines is 1. The Bertz CT molecular complexity index is 1060. The maximum absolute atomic E-state index is 12.4. The van der Waals surface area contributed by atoms with Gasteiger partial charge >= 0.3 is 0 Å². The standard InChI is InChI=1S/C19H17N5O/c1-11-12(2)23-24-17(11)18-21-15-9-8-13(10-16(15)22-18)19(25)20-14-6-4-3-5-7-14/h3-10H,1-2H3,(H,20,25)(H,21,22)(H,23,24). The van der Waals surface area contributed by atoms with Crippen LogP contribution in [0.15, 0.2) is 48.5 Å². The summed E-state index contributed by atoms with van der Waals surface area (Å²) in [6.07, 6.45) is 0. The van der Waals surface area contributed by atoms with E-state index in [0.717, 1.165) is 33.7 Å². The summed E-state index contributed by atoms with van der Waals surface area (Å²) >= 11 is 0. The Labute approximate surface area is 144 Å². The molecule has 0 aliphatic heterocycles. The van der Waals surface area contributed by atoms with E-state index in [-0.39, 0.29) is 5.91 Å². The Morgan fingerprint density at radius 2 is 1.88 bits per heavy atom. The second-order valence-corrected chi connectivity index (χ2v) is 5.96. The van der Waals surface area contributed by atoms with Gasteiger partial charge in [-0.2, -0.15) is 5.10 Å². The van der Waals surface area contributed by atoms with Crippen molar-refractivity contribution in [1.82, 2.24) is 20.2 Å². The minimum absolute atomic E-state index is 0.156. The molecule has 0 unspecified atom stereocenters. The Morgan fingerprint density at radius 3 is 2.60 bits per heavy atom. The summed E-state index contributed by atoms with van der Waals surface area (Å²) in [4.78, 5) is 20.3. The molecule has 2 aromatic heterocycles.